The first-order valence-corrected chi connectivity index (χ1v) is 7.20. The summed E-state index contributed by atoms with van der Waals surface area (Å²) in [4.78, 5) is 11.1. The molecule has 2 rings (SSSR count). The molecule has 0 aromatic heterocycles. The van der Waals surface area contributed by atoms with E-state index >= 15 is 0 Å². The van der Waals surface area contributed by atoms with Crippen LogP contribution in [-0.2, 0) is 11.3 Å². The minimum atomic E-state index is -0.0596. The van der Waals surface area contributed by atoms with Crippen molar-refractivity contribution < 1.29 is 4.79 Å². The minimum absolute atomic E-state index is 0.0596. The molecule has 2 N–H and O–H groups in total. The lowest BCUT2D eigenvalue weighted by molar-refractivity contribution is -0.114. The van der Waals surface area contributed by atoms with Crippen molar-refractivity contribution in [2.45, 2.75) is 27.3 Å². The molecule has 0 saturated heterocycles. The van der Waals surface area contributed by atoms with Crippen molar-refractivity contribution in [1.29, 1.82) is 0 Å². The van der Waals surface area contributed by atoms with E-state index in [9.17, 15) is 4.79 Å². The molecule has 4 heteroatoms. The van der Waals surface area contributed by atoms with E-state index < -0.39 is 0 Å². The number of rotatable bonds is 4. The Hall–Kier alpha value is -2.00. The zero-order valence-electron chi connectivity index (χ0n) is 12.5. The van der Waals surface area contributed by atoms with Crippen LogP contribution < -0.4 is 10.6 Å². The predicted octanol–water partition coefficient (Wildman–Crippen LogP) is 4.53. The third kappa shape index (κ3) is 4.23. The number of carbonyl (C=O) groups is 1. The van der Waals surface area contributed by atoms with Gasteiger partial charge < -0.3 is 10.6 Å². The Bertz CT molecular complexity index is 668. The normalized spacial score (nSPS) is 10.3. The van der Waals surface area contributed by atoms with Gasteiger partial charge in [-0.05, 0) is 60.9 Å². The number of anilines is 2. The Kier molecular flexibility index (Phi) is 4.86. The van der Waals surface area contributed by atoms with Gasteiger partial charge in [0.2, 0.25) is 5.91 Å². The van der Waals surface area contributed by atoms with Gasteiger partial charge in [-0.3, -0.25) is 4.79 Å². The highest BCUT2D eigenvalue weighted by molar-refractivity contribution is 6.30. The number of amides is 1. The molecule has 1 amide bonds. The summed E-state index contributed by atoms with van der Waals surface area (Å²) in [6.45, 7) is 6.27. The van der Waals surface area contributed by atoms with Gasteiger partial charge in [0.1, 0.15) is 0 Å². The molecule has 2 aromatic rings. The maximum absolute atomic E-state index is 11.1. The van der Waals surface area contributed by atoms with E-state index in [1.165, 1.54) is 18.1 Å². The number of hydrogen-bond acceptors (Lipinski definition) is 2. The molecule has 0 atom stereocenters. The summed E-state index contributed by atoms with van der Waals surface area (Å²) in [5.41, 5.74) is 5.28. The van der Waals surface area contributed by atoms with Crippen LogP contribution in [0.4, 0.5) is 11.4 Å². The molecular weight excluding hydrogens is 284 g/mol. The molecule has 0 radical (unpaired) electrons. The van der Waals surface area contributed by atoms with E-state index in [1.807, 2.05) is 50.2 Å². The molecule has 0 bridgehead atoms. The average Bonchev–Trinajstić information content (AvgIpc) is 2.40. The van der Waals surface area contributed by atoms with Gasteiger partial charge in [0.25, 0.3) is 0 Å². The molecule has 0 spiro atoms. The van der Waals surface area contributed by atoms with Crippen LogP contribution >= 0.6 is 11.6 Å². The average molecular weight is 303 g/mol. The molecule has 0 aliphatic heterocycles. The Labute approximate surface area is 130 Å². The summed E-state index contributed by atoms with van der Waals surface area (Å²) >= 11 is 5.96. The van der Waals surface area contributed by atoms with E-state index in [1.54, 1.807) is 0 Å². The summed E-state index contributed by atoms with van der Waals surface area (Å²) in [5.74, 6) is -0.0596. The van der Waals surface area contributed by atoms with Crippen LogP contribution in [-0.4, -0.2) is 5.91 Å². The Morgan fingerprint density at radius 3 is 2.48 bits per heavy atom. The van der Waals surface area contributed by atoms with Crippen molar-refractivity contribution in [3.8, 4) is 0 Å². The SMILES string of the molecule is CC(=O)Nc1ccc(NCc2ccc(Cl)cc2C)cc1C. The van der Waals surface area contributed by atoms with Gasteiger partial charge in [0.05, 0.1) is 0 Å². The Balaban J connectivity index is 2.06. The van der Waals surface area contributed by atoms with Crippen molar-refractivity contribution in [2.24, 2.45) is 0 Å². The van der Waals surface area contributed by atoms with Gasteiger partial charge in [0.15, 0.2) is 0 Å². The van der Waals surface area contributed by atoms with Gasteiger partial charge >= 0.3 is 0 Å². The molecule has 0 saturated carbocycles. The minimum Gasteiger partial charge on any atom is -0.381 e. The van der Waals surface area contributed by atoms with Crippen LogP contribution in [0, 0.1) is 13.8 Å². The largest absolute Gasteiger partial charge is 0.381 e. The molecule has 3 nitrogen and oxygen atoms in total. The summed E-state index contributed by atoms with van der Waals surface area (Å²) < 4.78 is 0. The van der Waals surface area contributed by atoms with Crippen LogP contribution in [0.5, 0.6) is 0 Å². The maximum Gasteiger partial charge on any atom is 0.221 e. The van der Waals surface area contributed by atoms with Gasteiger partial charge in [-0.25, -0.2) is 0 Å². The zero-order chi connectivity index (χ0) is 15.4. The first kappa shape index (κ1) is 15.4. The van der Waals surface area contributed by atoms with E-state index in [0.29, 0.717) is 0 Å². The number of carbonyl (C=O) groups excluding carboxylic acids is 1. The first-order valence-electron chi connectivity index (χ1n) is 6.83. The van der Waals surface area contributed by atoms with Crippen LogP contribution in [0.15, 0.2) is 36.4 Å². The second-order valence-electron chi connectivity index (χ2n) is 5.14. The van der Waals surface area contributed by atoms with E-state index in [4.69, 9.17) is 11.6 Å². The zero-order valence-corrected chi connectivity index (χ0v) is 13.2. The molecule has 0 aliphatic rings. The van der Waals surface area contributed by atoms with Crippen molar-refractivity contribution in [3.63, 3.8) is 0 Å². The highest BCUT2D eigenvalue weighted by atomic mass is 35.5. The smallest absolute Gasteiger partial charge is 0.221 e. The molecular formula is C17H19ClN2O. The van der Waals surface area contributed by atoms with E-state index in [2.05, 4.69) is 10.6 Å². The van der Waals surface area contributed by atoms with Crippen molar-refractivity contribution in [2.75, 3.05) is 10.6 Å². The summed E-state index contributed by atoms with van der Waals surface area (Å²) in [6, 6.07) is 11.8. The molecule has 110 valence electrons. The van der Waals surface area contributed by atoms with Crippen LogP contribution in [0.3, 0.4) is 0 Å². The summed E-state index contributed by atoms with van der Waals surface area (Å²) in [5, 5.41) is 6.95. The van der Waals surface area contributed by atoms with Gasteiger partial charge in [-0.2, -0.15) is 0 Å². The molecule has 0 fully saturated rings. The molecule has 0 unspecified atom stereocenters. The monoisotopic (exact) mass is 302 g/mol. The topological polar surface area (TPSA) is 41.1 Å². The summed E-state index contributed by atoms with van der Waals surface area (Å²) in [6.07, 6.45) is 0. The lowest BCUT2D eigenvalue weighted by atomic mass is 10.1. The van der Waals surface area contributed by atoms with E-state index in [-0.39, 0.29) is 5.91 Å². The quantitative estimate of drug-likeness (QED) is 0.871. The Morgan fingerprint density at radius 1 is 1.10 bits per heavy atom. The predicted molar refractivity (Wildman–Crippen MR) is 89.0 cm³/mol. The van der Waals surface area contributed by atoms with Crippen molar-refractivity contribution >= 4 is 28.9 Å². The number of nitrogens with one attached hydrogen (secondary N) is 2. The first-order chi connectivity index (χ1) is 9.95. The van der Waals surface area contributed by atoms with Gasteiger partial charge in [0, 0.05) is 29.9 Å². The van der Waals surface area contributed by atoms with Crippen LogP contribution in [0.25, 0.3) is 0 Å². The molecule has 0 heterocycles. The number of halogens is 1. The van der Waals surface area contributed by atoms with Gasteiger partial charge in [-0.15, -0.1) is 0 Å². The lowest BCUT2D eigenvalue weighted by Gasteiger charge is -2.12. The molecule has 21 heavy (non-hydrogen) atoms. The highest BCUT2D eigenvalue weighted by Crippen LogP contribution is 2.21. The van der Waals surface area contributed by atoms with Crippen LogP contribution in [0.2, 0.25) is 5.02 Å². The Morgan fingerprint density at radius 2 is 1.86 bits per heavy atom. The number of hydrogen-bond donors (Lipinski definition) is 2. The van der Waals surface area contributed by atoms with Crippen LogP contribution in [0.1, 0.15) is 23.6 Å². The number of aryl methyl sites for hydroxylation is 2. The number of benzene rings is 2. The van der Waals surface area contributed by atoms with Crippen molar-refractivity contribution in [3.05, 3.63) is 58.1 Å². The second-order valence-corrected chi connectivity index (χ2v) is 5.57. The van der Waals surface area contributed by atoms with E-state index in [0.717, 1.165) is 28.5 Å². The standard InChI is InChI=1S/C17H19ClN2O/c1-11-8-15(18)5-4-14(11)10-19-16-6-7-17(12(2)9-16)20-13(3)21/h4-9,19H,10H2,1-3H3,(H,20,21). The summed E-state index contributed by atoms with van der Waals surface area (Å²) in [7, 11) is 0. The van der Waals surface area contributed by atoms with Crippen molar-refractivity contribution in [1.82, 2.24) is 0 Å². The third-order valence-corrected chi connectivity index (χ3v) is 3.56. The second kappa shape index (κ2) is 6.64. The maximum atomic E-state index is 11.1. The highest BCUT2D eigenvalue weighted by Gasteiger charge is 2.03. The van der Waals surface area contributed by atoms with Gasteiger partial charge in [-0.1, -0.05) is 17.7 Å². The fourth-order valence-corrected chi connectivity index (χ4v) is 2.39. The fraction of sp³-hybridized carbons (Fsp3) is 0.235. The molecule has 2 aromatic carbocycles. The molecule has 0 aliphatic carbocycles. The fourth-order valence-electron chi connectivity index (χ4n) is 2.16. The lowest BCUT2D eigenvalue weighted by Crippen LogP contribution is -2.07. The third-order valence-electron chi connectivity index (χ3n) is 3.32.